The predicted octanol–water partition coefficient (Wildman–Crippen LogP) is 4.49. The van der Waals surface area contributed by atoms with Crippen LogP contribution in [-0.2, 0) is 25.8 Å². The second-order valence-corrected chi connectivity index (χ2v) is 1.92. The van der Waals surface area contributed by atoms with Gasteiger partial charge >= 0.3 is 25.8 Å². The van der Waals surface area contributed by atoms with E-state index in [4.69, 9.17) is 0 Å². The van der Waals surface area contributed by atoms with Crippen molar-refractivity contribution in [3.8, 4) is 0 Å². The first-order chi connectivity index (χ1) is 7.00. The van der Waals surface area contributed by atoms with Gasteiger partial charge in [0.25, 0.3) is 0 Å². The van der Waals surface area contributed by atoms with Gasteiger partial charge in [-0.1, -0.05) is 0 Å². The Morgan fingerprint density at radius 2 is 0.800 bits per heavy atom. The standard InChI is InChI=1S/2C5H5.2C2H5.Hf/c2*1-2-4-5-3-1;2*1-2;/h2*1-5H;2*1H2,2H3;/q4*-1;+4. The van der Waals surface area contributed by atoms with Crippen LogP contribution in [0.3, 0.4) is 0 Å². The fourth-order valence-electron chi connectivity index (χ4n) is 0.642. The van der Waals surface area contributed by atoms with E-state index in [9.17, 15) is 0 Å². The van der Waals surface area contributed by atoms with Crippen molar-refractivity contribution in [1.82, 2.24) is 0 Å². The molecule has 0 spiro atoms. The Balaban J connectivity index is -0.000000138. The Kier molecular flexibility index (Phi) is 31.3. The van der Waals surface area contributed by atoms with E-state index in [1.54, 1.807) is 13.8 Å². The van der Waals surface area contributed by atoms with E-state index < -0.39 is 0 Å². The summed E-state index contributed by atoms with van der Waals surface area (Å²) in [7, 11) is 0. The van der Waals surface area contributed by atoms with E-state index in [1.165, 1.54) is 0 Å². The molecule has 2 rings (SSSR count). The van der Waals surface area contributed by atoms with Gasteiger partial charge in [0, 0.05) is 0 Å². The molecule has 80 valence electrons. The summed E-state index contributed by atoms with van der Waals surface area (Å²) >= 11 is 0. The van der Waals surface area contributed by atoms with Crippen LogP contribution in [0.15, 0.2) is 60.7 Å². The molecule has 15 heavy (non-hydrogen) atoms. The minimum Gasteiger partial charge on any atom is -0.346 e. The molecule has 0 N–H and O–H groups in total. The van der Waals surface area contributed by atoms with Crippen molar-refractivity contribution < 1.29 is 25.8 Å². The smallest absolute Gasteiger partial charge is 0.346 e. The van der Waals surface area contributed by atoms with Crippen LogP contribution >= 0.6 is 0 Å². The van der Waals surface area contributed by atoms with Gasteiger partial charge in [-0.15, -0.1) is 0 Å². The van der Waals surface area contributed by atoms with Crippen LogP contribution < -0.4 is 0 Å². The molecule has 0 amide bonds. The predicted molar refractivity (Wildman–Crippen MR) is 66.1 cm³/mol. The maximum absolute atomic E-state index is 3.25. The summed E-state index contributed by atoms with van der Waals surface area (Å²) in [6, 6.07) is 20.0. The molecule has 2 aromatic rings. The maximum atomic E-state index is 3.25. The van der Waals surface area contributed by atoms with E-state index in [0.717, 1.165) is 0 Å². The molecule has 0 aromatic heterocycles. The summed E-state index contributed by atoms with van der Waals surface area (Å²) in [5, 5.41) is 0. The molecule has 0 aliphatic carbocycles. The van der Waals surface area contributed by atoms with Crippen LogP contribution in [0.4, 0.5) is 0 Å². The molecule has 0 atom stereocenters. The Hall–Kier alpha value is -0.430. The second kappa shape index (κ2) is 23.4. The summed E-state index contributed by atoms with van der Waals surface area (Å²) in [5.74, 6) is 0. The van der Waals surface area contributed by atoms with Crippen molar-refractivity contribution in [2.75, 3.05) is 0 Å². The Morgan fingerprint density at radius 1 is 0.600 bits per heavy atom. The van der Waals surface area contributed by atoms with Crippen LogP contribution in [0.2, 0.25) is 0 Å². The third-order valence-electron chi connectivity index (χ3n) is 1.11. The van der Waals surface area contributed by atoms with Gasteiger partial charge in [-0.2, -0.15) is 50.2 Å². The summed E-state index contributed by atoms with van der Waals surface area (Å²) in [5.41, 5.74) is 0. The molecule has 0 aliphatic heterocycles. The quantitative estimate of drug-likeness (QED) is 0.476. The van der Waals surface area contributed by atoms with E-state index >= 15 is 0 Å². The van der Waals surface area contributed by atoms with Gasteiger partial charge in [0.15, 0.2) is 0 Å². The number of rotatable bonds is 0. The minimum atomic E-state index is 0. The average molecular weight is 367 g/mol. The van der Waals surface area contributed by atoms with Crippen LogP contribution in [0.1, 0.15) is 13.8 Å². The van der Waals surface area contributed by atoms with Gasteiger partial charge in [0.1, 0.15) is 0 Å². The molecule has 0 aliphatic rings. The topological polar surface area (TPSA) is 0 Å². The molecule has 0 unspecified atom stereocenters. The molecule has 0 heterocycles. The van der Waals surface area contributed by atoms with Gasteiger partial charge in [-0.25, -0.2) is 24.3 Å². The van der Waals surface area contributed by atoms with E-state index in [0.29, 0.717) is 0 Å². The largest absolute Gasteiger partial charge is 4.00 e. The summed E-state index contributed by atoms with van der Waals surface area (Å²) in [6.45, 7) is 10.0. The zero-order valence-corrected chi connectivity index (χ0v) is 13.3. The van der Waals surface area contributed by atoms with E-state index in [2.05, 4.69) is 13.8 Å². The van der Waals surface area contributed by atoms with Crippen molar-refractivity contribution in [3.05, 3.63) is 74.5 Å². The van der Waals surface area contributed by atoms with Gasteiger partial charge in [-0.3, -0.25) is 0 Å². The summed E-state index contributed by atoms with van der Waals surface area (Å²) in [4.78, 5) is 0. The van der Waals surface area contributed by atoms with Crippen molar-refractivity contribution in [2.45, 2.75) is 13.8 Å². The first-order valence-electron chi connectivity index (χ1n) is 4.75. The van der Waals surface area contributed by atoms with Gasteiger partial charge in [0.2, 0.25) is 0 Å². The van der Waals surface area contributed by atoms with Gasteiger partial charge < -0.3 is 13.8 Å². The molecule has 0 saturated heterocycles. The Morgan fingerprint density at radius 3 is 0.867 bits per heavy atom. The monoisotopic (exact) mass is 368 g/mol. The van der Waals surface area contributed by atoms with Gasteiger partial charge in [0.05, 0.1) is 0 Å². The first-order valence-corrected chi connectivity index (χ1v) is 4.75. The van der Waals surface area contributed by atoms with Crippen LogP contribution in [0.25, 0.3) is 0 Å². The summed E-state index contributed by atoms with van der Waals surface area (Å²) < 4.78 is 0. The second-order valence-electron chi connectivity index (χ2n) is 1.92. The number of hydrogen-bond donors (Lipinski definition) is 0. The molecule has 0 saturated carbocycles. The molecule has 0 radical (unpaired) electrons. The molecular formula is C14H20Hf. The molecule has 0 bridgehead atoms. The van der Waals surface area contributed by atoms with Crippen molar-refractivity contribution in [1.29, 1.82) is 0 Å². The first kappa shape index (κ1) is 20.0. The molecular weight excluding hydrogens is 347 g/mol. The van der Waals surface area contributed by atoms with E-state index in [1.807, 2.05) is 60.7 Å². The van der Waals surface area contributed by atoms with Crippen LogP contribution in [-0.4, -0.2) is 0 Å². The van der Waals surface area contributed by atoms with Crippen molar-refractivity contribution in [3.63, 3.8) is 0 Å². The third kappa shape index (κ3) is 19.8. The Bertz CT molecular complexity index is 145. The maximum Gasteiger partial charge on any atom is 4.00 e. The Labute approximate surface area is 114 Å². The third-order valence-corrected chi connectivity index (χ3v) is 1.11. The van der Waals surface area contributed by atoms with Crippen LogP contribution in [0.5, 0.6) is 0 Å². The fraction of sp³-hybridized carbons (Fsp3) is 0.143. The molecule has 0 fully saturated rings. The number of hydrogen-bond acceptors (Lipinski definition) is 0. The van der Waals surface area contributed by atoms with E-state index in [-0.39, 0.29) is 25.8 Å². The van der Waals surface area contributed by atoms with Gasteiger partial charge in [-0.05, 0) is 0 Å². The normalized spacial score (nSPS) is 6.13. The summed E-state index contributed by atoms with van der Waals surface area (Å²) in [6.07, 6.45) is 0. The zero-order valence-electron chi connectivity index (χ0n) is 9.69. The molecule has 1 heteroatoms. The average Bonchev–Trinajstić information content (AvgIpc) is 3.01. The van der Waals surface area contributed by atoms with Crippen LogP contribution in [0, 0.1) is 13.8 Å². The molecule has 0 nitrogen and oxygen atoms in total. The zero-order chi connectivity index (χ0) is 11.1. The van der Waals surface area contributed by atoms with Crippen molar-refractivity contribution in [2.24, 2.45) is 0 Å². The fourth-order valence-corrected chi connectivity index (χ4v) is 0.642. The van der Waals surface area contributed by atoms with Crippen molar-refractivity contribution >= 4 is 0 Å². The minimum absolute atomic E-state index is 0. The molecule has 2 aromatic carbocycles. The SMILES string of the molecule is [CH2-]C.[CH2-]C.[Hf+4].c1cc[cH-]c1.c1cc[cH-]c1.